The lowest BCUT2D eigenvalue weighted by Crippen LogP contribution is -1.97. The summed E-state index contributed by atoms with van der Waals surface area (Å²) in [6, 6.07) is 10.2. The third-order valence-corrected chi connectivity index (χ3v) is 2.47. The highest BCUT2D eigenvalue weighted by molar-refractivity contribution is 5.39. The molecule has 0 unspecified atom stereocenters. The van der Waals surface area contributed by atoms with E-state index in [4.69, 9.17) is 9.84 Å². The second-order valence-electron chi connectivity index (χ2n) is 4.05. The van der Waals surface area contributed by atoms with E-state index >= 15 is 0 Å². The maximum atomic E-state index is 13.0. The van der Waals surface area contributed by atoms with Crippen molar-refractivity contribution in [2.24, 2.45) is 0 Å². The van der Waals surface area contributed by atoms with E-state index in [1.165, 1.54) is 12.1 Å². The summed E-state index contributed by atoms with van der Waals surface area (Å²) in [6.07, 6.45) is 0. The molecule has 0 saturated carbocycles. The van der Waals surface area contributed by atoms with E-state index in [1.807, 2.05) is 0 Å². The molecule has 2 aromatic rings. The molecule has 0 atom stereocenters. The van der Waals surface area contributed by atoms with Crippen LogP contribution < -0.4 is 4.74 Å². The van der Waals surface area contributed by atoms with Crippen LogP contribution in [0.2, 0.25) is 0 Å². The minimum atomic E-state index is -0.633. The van der Waals surface area contributed by atoms with E-state index in [-0.39, 0.29) is 13.2 Å². The molecular formula is C16H12F2O2. The molecule has 0 amide bonds. The topological polar surface area (TPSA) is 29.5 Å². The molecule has 2 nitrogen and oxygen atoms in total. The van der Waals surface area contributed by atoms with Gasteiger partial charge in [0.15, 0.2) is 0 Å². The molecule has 2 rings (SSSR count). The first-order valence-electron chi connectivity index (χ1n) is 5.95. The van der Waals surface area contributed by atoms with Crippen molar-refractivity contribution in [1.82, 2.24) is 0 Å². The summed E-state index contributed by atoms with van der Waals surface area (Å²) < 4.78 is 31.5. The maximum Gasteiger partial charge on any atom is 0.126 e. The van der Waals surface area contributed by atoms with E-state index in [0.717, 1.165) is 6.07 Å². The highest BCUT2D eigenvalue weighted by Gasteiger charge is 2.02. The van der Waals surface area contributed by atoms with Gasteiger partial charge < -0.3 is 9.84 Å². The third kappa shape index (κ3) is 4.08. The number of benzene rings is 2. The van der Waals surface area contributed by atoms with Crippen LogP contribution in [0.15, 0.2) is 42.5 Å². The van der Waals surface area contributed by atoms with Crippen LogP contribution in [0.3, 0.4) is 0 Å². The van der Waals surface area contributed by atoms with Crippen LogP contribution in [0.5, 0.6) is 5.75 Å². The van der Waals surface area contributed by atoms with Crippen molar-refractivity contribution in [2.75, 3.05) is 6.61 Å². The highest BCUT2D eigenvalue weighted by atomic mass is 19.1. The number of aliphatic hydroxyl groups excluding tert-OH is 1. The monoisotopic (exact) mass is 274 g/mol. The van der Waals surface area contributed by atoms with E-state index in [9.17, 15) is 8.78 Å². The summed E-state index contributed by atoms with van der Waals surface area (Å²) in [4.78, 5) is 0. The van der Waals surface area contributed by atoms with Crippen molar-refractivity contribution >= 4 is 0 Å². The zero-order valence-electron chi connectivity index (χ0n) is 10.6. The summed E-state index contributed by atoms with van der Waals surface area (Å²) in [5.41, 5.74) is 1.11. The minimum Gasteiger partial charge on any atom is -0.489 e. The second kappa shape index (κ2) is 6.69. The van der Waals surface area contributed by atoms with Gasteiger partial charge in [-0.25, -0.2) is 8.78 Å². The molecule has 20 heavy (non-hydrogen) atoms. The minimum absolute atomic E-state index is 0.0611. The van der Waals surface area contributed by atoms with Crippen molar-refractivity contribution in [1.29, 1.82) is 0 Å². The van der Waals surface area contributed by atoms with Crippen molar-refractivity contribution in [2.45, 2.75) is 6.61 Å². The Balaban J connectivity index is 2.07. The SMILES string of the molecule is OCC#Cc1cccc(OCc2cc(F)cc(F)c2)c1. The van der Waals surface area contributed by atoms with Gasteiger partial charge in [0.25, 0.3) is 0 Å². The summed E-state index contributed by atoms with van der Waals surface area (Å²) in [6.45, 7) is -0.154. The number of hydrogen-bond acceptors (Lipinski definition) is 2. The van der Waals surface area contributed by atoms with Gasteiger partial charge in [0.1, 0.15) is 30.6 Å². The van der Waals surface area contributed by atoms with Gasteiger partial charge in [0.2, 0.25) is 0 Å². The predicted molar refractivity (Wildman–Crippen MR) is 71.1 cm³/mol. The summed E-state index contributed by atoms with van der Waals surface area (Å²) in [5, 5.41) is 8.63. The van der Waals surface area contributed by atoms with Crippen LogP contribution in [0.1, 0.15) is 11.1 Å². The maximum absolute atomic E-state index is 13.0. The average molecular weight is 274 g/mol. The fourth-order valence-electron chi connectivity index (χ4n) is 1.67. The predicted octanol–water partition coefficient (Wildman–Crippen LogP) is 2.89. The first-order chi connectivity index (χ1) is 9.67. The summed E-state index contributed by atoms with van der Waals surface area (Å²) >= 11 is 0. The zero-order chi connectivity index (χ0) is 14.4. The van der Waals surface area contributed by atoms with Gasteiger partial charge in [0.05, 0.1) is 0 Å². The number of rotatable bonds is 3. The average Bonchev–Trinajstić information content (AvgIpc) is 2.42. The molecule has 2 aromatic carbocycles. The normalized spacial score (nSPS) is 9.75. The number of hydrogen-bond donors (Lipinski definition) is 1. The fourth-order valence-corrected chi connectivity index (χ4v) is 1.67. The Morgan fingerprint density at radius 1 is 1.05 bits per heavy atom. The third-order valence-electron chi connectivity index (χ3n) is 2.47. The summed E-state index contributed by atoms with van der Waals surface area (Å²) in [7, 11) is 0. The van der Waals surface area contributed by atoms with E-state index in [2.05, 4.69) is 11.8 Å². The molecule has 0 aliphatic carbocycles. The van der Waals surface area contributed by atoms with Gasteiger partial charge in [-0.3, -0.25) is 0 Å². The van der Waals surface area contributed by atoms with E-state index < -0.39 is 11.6 Å². The Hall–Kier alpha value is -2.38. The largest absolute Gasteiger partial charge is 0.489 e. The van der Waals surface area contributed by atoms with Crippen LogP contribution >= 0.6 is 0 Å². The van der Waals surface area contributed by atoms with Crippen molar-refractivity contribution in [3.63, 3.8) is 0 Å². The van der Waals surface area contributed by atoms with Gasteiger partial charge in [-0.15, -0.1) is 0 Å². The molecule has 0 spiro atoms. The van der Waals surface area contributed by atoms with Gasteiger partial charge in [0, 0.05) is 11.6 Å². The van der Waals surface area contributed by atoms with E-state index in [0.29, 0.717) is 16.9 Å². The fraction of sp³-hybridized carbons (Fsp3) is 0.125. The lowest BCUT2D eigenvalue weighted by Gasteiger charge is -2.07. The molecule has 0 bridgehead atoms. The lowest BCUT2D eigenvalue weighted by molar-refractivity contribution is 0.304. The molecule has 0 fully saturated rings. The molecule has 0 saturated heterocycles. The van der Waals surface area contributed by atoms with Crippen molar-refractivity contribution < 1.29 is 18.6 Å². The molecule has 1 N–H and O–H groups in total. The highest BCUT2D eigenvalue weighted by Crippen LogP contribution is 2.16. The Kier molecular flexibility index (Phi) is 4.70. The Morgan fingerprint density at radius 3 is 2.50 bits per heavy atom. The number of halogens is 2. The molecule has 4 heteroatoms. The Morgan fingerprint density at radius 2 is 1.80 bits per heavy atom. The quantitative estimate of drug-likeness (QED) is 0.872. The lowest BCUT2D eigenvalue weighted by atomic mass is 10.2. The number of ether oxygens (including phenoxy) is 1. The van der Waals surface area contributed by atoms with Gasteiger partial charge >= 0.3 is 0 Å². The first kappa shape index (κ1) is 14.0. The molecule has 0 aliphatic rings. The van der Waals surface area contributed by atoms with Gasteiger partial charge in [-0.05, 0) is 35.9 Å². The van der Waals surface area contributed by atoms with Crippen molar-refractivity contribution in [3.05, 3.63) is 65.2 Å². The standard InChI is InChI=1S/C16H12F2O2/c17-14-7-13(8-15(18)10-14)11-20-16-5-1-3-12(9-16)4-2-6-19/h1,3,5,7-10,19H,6,11H2. The second-order valence-corrected chi connectivity index (χ2v) is 4.05. The first-order valence-corrected chi connectivity index (χ1v) is 5.95. The molecule has 0 radical (unpaired) electrons. The number of aliphatic hydroxyl groups is 1. The van der Waals surface area contributed by atoms with Crippen LogP contribution in [0.25, 0.3) is 0 Å². The van der Waals surface area contributed by atoms with Gasteiger partial charge in [-0.1, -0.05) is 17.9 Å². The van der Waals surface area contributed by atoms with Crippen LogP contribution in [-0.4, -0.2) is 11.7 Å². The van der Waals surface area contributed by atoms with Crippen LogP contribution in [-0.2, 0) is 6.61 Å². The molecular weight excluding hydrogens is 262 g/mol. The summed E-state index contributed by atoms with van der Waals surface area (Å²) in [5.74, 6) is 4.56. The molecule has 0 aliphatic heterocycles. The van der Waals surface area contributed by atoms with Crippen LogP contribution in [0, 0.1) is 23.5 Å². The smallest absolute Gasteiger partial charge is 0.126 e. The molecule has 102 valence electrons. The van der Waals surface area contributed by atoms with E-state index in [1.54, 1.807) is 24.3 Å². The van der Waals surface area contributed by atoms with Gasteiger partial charge in [-0.2, -0.15) is 0 Å². The van der Waals surface area contributed by atoms with Crippen LogP contribution in [0.4, 0.5) is 8.78 Å². The molecule has 0 heterocycles. The zero-order valence-corrected chi connectivity index (χ0v) is 10.6. The molecule has 0 aromatic heterocycles. The van der Waals surface area contributed by atoms with Crippen molar-refractivity contribution in [3.8, 4) is 17.6 Å². The Bertz CT molecular complexity index is 637. The Labute approximate surface area is 115 Å².